The first-order chi connectivity index (χ1) is 10.2. The largest absolute Gasteiger partial charge is 0.273 e. The molecule has 0 saturated carbocycles. The average Bonchev–Trinajstić information content (AvgIpc) is 2.97. The van der Waals surface area contributed by atoms with Crippen LogP contribution >= 0.6 is 0 Å². The quantitative estimate of drug-likeness (QED) is 0.569. The first-order valence-electron chi connectivity index (χ1n) is 7.07. The second kappa shape index (κ2) is 5.63. The molecular formula is C16H19N5. The van der Waals surface area contributed by atoms with Crippen LogP contribution in [0.4, 0.5) is 0 Å². The number of pyridine rings is 1. The van der Waals surface area contributed by atoms with E-state index in [2.05, 4.69) is 36.5 Å². The van der Waals surface area contributed by atoms with Crippen LogP contribution in [0.3, 0.4) is 0 Å². The SMILES string of the molecule is CCn1cc(C(NN)c2cc(C)c3ccccc3n2)cn1. The first kappa shape index (κ1) is 13.7. The zero-order valence-corrected chi connectivity index (χ0v) is 12.2. The third-order valence-corrected chi connectivity index (χ3v) is 3.72. The summed E-state index contributed by atoms with van der Waals surface area (Å²) in [5.41, 5.74) is 6.95. The Balaban J connectivity index is 2.08. The molecule has 0 amide bonds. The van der Waals surface area contributed by atoms with Gasteiger partial charge in [0.25, 0.3) is 0 Å². The van der Waals surface area contributed by atoms with Crippen LogP contribution in [0.5, 0.6) is 0 Å². The van der Waals surface area contributed by atoms with E-state index in [1.807, 2.05) is 35.3 Å². The maximum atomic E-state index is 5.75. The Morgan fingerprint density at radius 3 is 2.86 bits per heavy atom. The van der Waals surface area contributed by atoms with E-state index in [9.17, 15) is 0 Å². The highest BCUT2D eigenvalue weighted by Crippen LogP contribution is 2.24. The minimum Gasteiger partial charge on any atom is -0.273 e. The van der Waals surface area contributed by atoms with E-state index in [1.54, 1.807) is 0 Å². The number of hydrogen-bond donors (Lipinski definition) is 2. The predicted octanol–water partition coefficient (Wildman–Crippen LogP) is 2.31. The summed E-state index contributed by atoms with van der Waals surface area (Å²) in [6, 6.07) is 10.1. The summed E-state index contributed by atoms with van der Waals surface area (Å²) in [6.07, 6.45) is 3.83. The van der Waals surface area contributed by atoms with E-state index in [4.69, 9.17) is 10.8 Å². The molecule has 0 aliphatic carbocycles. The van der Waals surface area contributed by atoms with Gasteiger partial charge >= 0.3 is 0 Å². The number of hydrogen-bond acceptors (Lipinski definition) is 4. The molecule has 5 heteroatoms. The summed E-state index contributed by atoms with van der Waals surface area (Å²) in [7, 11) is 0. The molecule has 0 aliphatic heterocycles. The molecule has 108 valence electrons. The first-order valence-corrected chi connectivity index (χ1v) is 7.07. The lowest BCUT2D eigenvalue weighted by molar-refractivity contribution is 0.618. The number of hydrazine groups is 1. The van der Waals surface area contributed by atoms with Gasteiger partial charge in [-0.2, -0.15) is 5.10 Å². The second-order valence-electron chi connectivity index (χ2n) is 5.11. The normalized spacial score (nSPS) is 12.7. The molecule has 1 aromatic carbocycles. The molecule has 0 saturated heterocycles. The molecule has 3 N–H and O–H groups in total. The fraction of sp³-hybridized carbons (Fsp3) is 0.250. The van der Waals surface area contributed by atoms with E-state index in [1.165, 1.54) is 10.9 Å². The summed E-state index contributed by atoms with van der Waals surface area (Å²) >= 11 is 0. The van der Waals surface area contributed by atoms with Crippen molar-refractivity contribution in [3.05, 3.63) is 59.5 Å². The Kier molecular flexibility index (Phi) is 3.68. The standard InChI is InChI=1S/C16H19N5/c1-3-21-10-12(9-18-21)16(20-17)15-8-11(2)13-6-4-5-7-14(13)19-15/h4-10,16,20H,3,17H2,1-2H3. The molecule has 21 heavy (non-hydrogen) atoms. The molecule has 5 nitrogen and oxygen atoms in total. The fourth-order valence-electron chi connectivity index (χ4n) is 2.58. The van der Waals surface area contributed by atoms with E-state index in [0.29, 0.717) is 0 Å². The number of aryl methyl sites for hydroxylation is 2. The Labute approximate surface area is 123 Å². The number of aromatic nitrogens is 3. The molecule has 0 fully saturated rings. The maximum absolute atomic E-state index is 5.75. The molecule has 2 heterocycles. The van der Waals surface area contributed by atoms with Crippen molar-refractivity contribution in [1.82, 2.24) is 20.2 Å². The van der Waals surface area contributed by atoms with Gasteiger partial charge in [-0.3, -0.25) is 15.5 Å². The highest BCUT2D eigenvalue weighted by atomic mass is 15.3. The molecule has 2 aromatic heterocycles. The van der Waals surface area contributed by atoms with Crippen molar-refractivity contribution < 1.29 is 0 Å². The highest BCUT2D eigenvalue weighted by molar-refractivity contribution is 5.82. The Bertz CT molecular complexity index is 762. The van der Waals surface area contributed by atoms with Gasteiger partial charge in [0.05, 0.1) is 23.4 Å². The van der Waals surface area contributed by atoms with Crippen molar-refractivity contribution in [3.63, 3.8) is 0 Å². The second-order valence-corrected chi connectivity index (χ2v) is 5.11. The van der Waals surface area contributed by atoms with Crippen molar-refractivity contribution in [1.29, 1.82) is 0 Å². The average molecular weight is 281 g/mol. The summed E-state index contributed by atoms with van der Waals surface area (Å²) < 4.78 is 1.88. The van der Waals surface area contributed by atoms with Crippen molar-refractivity contribution in [2.45, 2.75) is 26.4 Å². The number of nitrogens with one attached hydrogen (secondary N) is 1. The van der Waals surface area contributed by atoms with Crippen molar-refractivity contribution in [2.24, 2.45) is 5.84 Å². The van der Waals surface area contributed by atoms with Gasteiger partial charge in [-0.05, 0) is 31.5 Å². The molecule has 3 aromatic rings. The Hall–Kier alpha value is -2.24. The van der Waals surface area contributed by atoms with E-state index in [-0.39, 0.29) is 6.04 Å². The van der Waals surface area contributed by atoms with Crippen LogP contribution in [0, 0.1) is 6.92 Å². The van der Waals surface area contributed by atoms with Gasteiger partial charge in [-0.25, -0.2) is 5.43 Å². The minimum atomic E-state index is -0.159. The molecule has 0 radical (unpaired) electrons. The summed E-state index contributed by atoms with van der Waals surface area (Å²) in [5.74, 6) is 5.75. The number of fused-ring (bicyclic) bond motifs is 1. The van der Waals surface area contributed by atoms with Crippen molar-refractivity contribution in [2.75, 3.05) is 0 Å². The number of nitrogens with two attached hydrogens (primary N) is 1. The van der Waals surface area contributed by atoms with Crippen LogP contribution in [0.2, 0.25) is 0 Å². The minimum absolute atomic E-state index is 0.159. The van der Waals surface area contributed by atoms with Gasteiger partial charge in [-0.1, -0.05) is 18.2 Å². The number of rotatable bonds is 4. The molecule has 3 rings (SSSR count). The summed E-state index contributed by atoms with van der Waals surface area (Å²) in [4.78, 5) is 4.74. The Morgan fingerprint density at radius 2 is 2.14 bits per heavy atom. The molecular weight excluding hydrogens is 262 g/mol. The van der Waals surface area contributed by atoms with Gasteiger partial charge in [0.1, 0.15) is 0 Å². The van der Waals surface area contributed by atoms with Gasteiger partial charge in [0.2, 0.25) is 0 Å². The van der Waals surface area contributed by atoms with Crippen LogP contribution in [-0.4, -0.2) is 14.8 Å². The van der Waals surface area contributed by atoms with Crippen LogP contribution < -0.4 is 11.3 Å². The zero-order chi connectivity index (χ0) is 14.8. The number of para-hydroxylation sites is 1. The van der Waals surface area contributed by atoms with Crippen LogP contribution in [-0.2, 0) is 6.54 Å². The predicted molar refractivity (Wildman–Crippen MR) is 83.5 cm³/mol. The lowest BCUT2D eigenvalue weighted by Crippen LogP contribution is -2.29. The van der Waals surface area contributed by atoms with E-state index >= 15 is 0 Å². The number of nitrogens with zero attached hydrogens (tertiary/aromatic N) is 3. The summed E-state index contributed by atoms with van der Waals surface area (Å²) in [5, 5.41) is 5.47. The monoisotopic (exact) mass is 281 g/mol. The molecule has 0 aliphatic rings. The van der Waals surface area contributed by atoms with E-state index in [0.717, 1.165) is 23.3 Å². The third-order valence-electron chi connectivity index (χ3n) is 3.72. The fourth-order valence-corrected chi connectivity index (χ4v) is 2.58. The number of benzene rings is 1. The van der Waals surface area contributed by atoms with Gasteiger partial charge in [-0.15, -0.1) is 0 Å². The Morgan fingerprint density at radius 1 is 1.33 bits per heavy atom. The van der Waals surface area contributed by atoms with E-state index < -0.39 is 0 Å². The summed E-state index contributed by atoms with van der Waals surface area (Å²) in [6.45, 7) is 4.98. The molecule has 1 unspecified atom stereocenters. The maximum Gasteiger partial charge on any atom is 0.0912 e. The van der Waals surface area contributed by atoms with Crippen LogP contribution in [0.1, 0.15) is 29.8 Å². The highest BCUT2D eigenvalue weighted by Gasteiger charge is 2.17. The van der Waals surface area contributed by atoms with Crippen molar-refractivity contribution >= 4 is 10.9 Å². The topological polar surface area (TPSA) is 68.8 Å². The molecule has 1 atom stereocenters. The van der Waals surface area contributed by atoms with Gasteiger partial charge in [0, 0.05) is 23.7 Å². The van der Waals surface area contributed by atoms with Crippen LogP contribution in [0.25, 0.3) is 10.9 Å². The molecule has 0 bridgehead atoms. The smallest absolute Gasteiger partial charge is 0.0912 e. The van der Waals surface area contributed by atoms with Gasteiger partial charge in [0.15, 0.2) is 0 Å². The molecule has 0 spiro atoms. The van der Waals surface area contributed by atoms with Crippen molar-refractivity contribution in [3.8, 4) is 0 Å². The third kappa shape index (κ3) is 2.53. The van der Waals surface area contributed by atoms with Gasteiger partial charge < -0.3 is 0 Å². The zero-order valence-electron chi connectivity index (χ0n) is 12.2. The van der Waals surface area contributed by atoms with Crippen LogP contribution in [0.15, 0.2) is 42.7 Å². The lowest BCUT2D eigenvalue weighted by atomic mass is 10.0. The lowest BCUT2D eigenvalue weighted by Gasteiger charge is -2.15.